The van der Waals surface area contributed by atoms with Gasteiger partial charge in [-0.05, 0) is 24.3 Å². The fourth-order valence-corrected chi connectivity index (χ4v) is 4.03. The molecule has 1 atom stereocenters. The number of nitrogens with one attached hydrogen (secondary N) is 1. The van der Waals surface area contributed by atoms with E-state index in [1.165, 1.54) is 17.7 Å². The molecule has 0 radical (unpaired) electrons. The number of pyridine rings is 2. The van der Waals surface area contributed by atoms with Crippen LogP contribution in [0.3, 0.4) is 0 Å². The highest BCUT2D eigenvalue weighted by Crippen LogP contribution is 2.36. The lowest BCUT2D eigenvalue weighted by Crippen LogP contribution is -2.27. The summed E-state index contributed by atoms with van der Waals surface area (Å²) in [5.41, 5.74) is -0.445. The molecule has 0 bridgehead atoms. The van der Waals surface area contributed by atoms with Crippen molar-refractivity contribution in [3.63, 3.8) is 0 Å². The van der Waals surface area contributed by atoms with Gasteiger partial charge < -0.3 is 24.3 Å². The number of fused-ring (bicyclic) bond motifs is 3. The van der Waals surface area contributed by atoms with E-state index in [-0.39, 0.29) is 23.2 Å². The second-order valence-corrected chi connectivity index (χ2v) is 7.55. The molecule has 1 aromatic carbocycles. The highest BCUT2D eigenvalue weighted by atomic mass is 16.6. The number of methoxy groups -OCH3 is 1. The van der Waals surface area contributed by atoms with E-state index in [9.17, 15) is 19.5 Å². The summed E-state index contributed by atoms with van der Waals surface area (Å²) in [6.07, 6.45) is 1.15. The normalized spacial score (nSPS) is 13.7. The van der Waals surface area contributed by atoms with Crippen molar-refractivity contribution in [3.8, 4) is 17.4 Å². The van der Waals surface area contributed by atoms with Gasteiger partial charge in [0.25, 0.3) is 11.1 Å². The van der Waals surface area contributed by atoms with Crippen LogP contribution in [0.25, 0.3) is 16.6 Å². The van der Waals surface area contributed by atoms with Gasteiger partial charge in [-0.3, -0.25) is 18.8 Å². The SMILES string of the molecule is COC(=O)CC(c1cc2cc3c(cc2[nH]c1=O)OCCO3)c1c(O)nc2ccccn2c1=O. The number of aromatic amines is 1. The van der Waals surface area contributed by atoms with Crippen molar-refractivity contribution in [2.24, 2.45) is 0 Å². The maximum atomic E-state index is 13.3. The number of carbonyl (C=O) groups excluding carboxylic acids is 1. The monoisotopic (exact) mass is 449 g/mol. The van der Waals surface area contributed by atoms with Crippen LogP contribution in [0.2, 0.25) is 0 Å². The molecule has 0 saturated carbocycles. The Labute approximate surface area is 186 Å². The van der Waals surface area contributed by atoms with Crippen molar-refractivity contribution in [1.29, 1.82) is 0 Å². The third kappa shape index (κ3) is 3.55. The van der Waals surface area contributed by atoms with E-state index in [2.05, 4.69) is 9.97 Å². The van der Waals surface area contributed by atoms with E-state index in [0.29, 0.717) is 35.6 Å². The molecular weight excluding hydrogens is 430 g/mol. The molecule has 0 amide bonds. The quantitative estimate of drug-likeness (QED) is 0.450. The van der Waals surface area contributed by atoms with Crippen molar-refractivity contribution < 1.29 is 24.1 Å². The van der Waals surface area contributed by atoms with Gasteiger partial charge in [-0.15, -0.1) is 0 Å². The average Bonchev–Trinajstić information content (AvgIpc) is 2.81. The summed E-state index contributed by atoms with van der Waals surface area (Å²) in [5.74, 6) is -1.28. The molecule has 5 rings (SSSR count). The first-order valence-electron chi connectivity index (χ1n) is 10.2. The van der Waals surface area contributed by atoms with Gasteiger partial charge in [-0.2, -0.15) is 4.98 Å². The summed E-state index contributed by atoms with van der Waals surface area (Å²) in [7, 11) is 1.21. The van der Waals surface area contributed by atoms with E-state index in [4.69, 9.17) is 14.2 Å². The van der Waals surface area contributed by atoms with Crippen molar-refractivity contribution in [3.05, 3.63) is 74.4 Å². The van der Waals surface area contributed by atoms with Gasteiger partial charge in [0.15, 0.2) is 11.5 Å². The zero-order chi connectivity index (χ0) is 23.1. The van der Waals surface area contributed by atoms with Crippen molar-refractivity contribution in [2.45, 2.75) is 12.3 Å². The first kappa shape index (κ1) is 20.6. The maximum Gasteiger partial charge on any atom is 0.306 e. The number of hydrogen-bond acceptors (Lipinski definition) is 8. The van der Waals surface area contributed by atoms with Gasteiger partial charge in [0.2, 0.25) is 5.88 Å². The predicted molar refractivity (Wildman–Crippen MR) is 117 cm³/mol. The summed E-state index contributed by atoms with van der Waals surface area (Å²) in [6, 6.07) is 9.82. The molecule has 1 aliphatic heterocycles. The third-order valence-corrected chi connectivity index (χ3v) is 5.61. The number of H-pyrrole nitrogens is 1. The molecule has 0 spiro atoms. The van der Waals surface area contributed by atoms with Crippen LogP contribution in [-0.2, 0) is 9.53 Å². The standard InChI is InChI=1S/C23H19N3O7/c1-31-19(27)10-13(20-22(29)25-18-4-2-3-5-26(18)23(20)30)14-8-12-9-16-17(33-7-6-32-16)11-15(12)24-21(14)28/h2-5,8-9,11,13,29H,6-7,10H2,1H3,(H,24,28). The zero-order valence-corrected chi connectivity index (χ0v) is 17.5. The maximum absolute atomic E-state index is 13.3. The smallest absolute Gasteiger partial charge is 0.306 e. The Morgan fingerprint density at radius 3 is 2.73 bits per heavy atom. The van der Waals surface area contributed by atoms with Crippen LogP contribution >= 0.6 is 0 Å². The second-order valence-electron chi connectivity index (χ2n) is 7.55. The van der Waals surface area contributed by atoms with Crippen molar-refractivity contribution in [1.82, 2.24) is 14.4 Å². The van der Waals surface area contributed by atoms with Crippen LogP contribution in [0.1, 0.15) is 23.5 Å². The molecule has 10 heteroatoms. The van der Waals surface area contributed by atoms with Crippen LogP contribution in [-0.4, -0.2) is 45.8 Å². The minimum Gasteiger partial charge on any atom is -0.493 e. The number of esters is 1. The molecule has 1 unspecified atom stereocenters. The Morgan fingerprint density at radius 1 is 1.21 bits per heavy atom. The first-order chi connectivity index (χ1) is 16.0. The van der Waals surface area contributed by atoms with E-state index >= 15 is 0 Å². The number of ether oxygens (including phenoxy) is 3. The second kappa shape index (κ2) is 7.97. The number of rotatable bonds is 4. The lowest BCUT2D eigenvalue weighted by atomic mass is 9.89. The Bertz CT molecular complexity index is 1520. The minimum absolute atomic E-state index is 0.106. The molecule has 1 aliphatic rings. The number of nitrogens with zero attached hydrogens (tertiary/aromatic N) is 2. The number of benzene rings is 1. The summed E-state index contributed by atoms with van der Waals surface area (Å²) in [4.78, 5) is 45.4. The summed E-state index contributed by atoms with van der Waals surface area (Å²) in [6.45, 7) is 0.799. The molecule has 3 aromatic heterocycles. The Balaban J connectivity index is 1.74. The highest BCUT2D eigenvalue weighted by molar-refractivity contribution is 5.83. The Kier molecular flexibility index (Phi) is 4.97. The van der Waals surface area contributed by atoms with Crippen LogP contribution in [0, 0.1) is 0 Å². The van der Waals surface area contributed by atoms with E-state index in [1.54, 1.807) is 36.4 Å². The lowest BCUT2D eigenvalue weighted by Gasteiger charge is -2.20. The third-order valence-electron chi connectivity index (χ3n) is 5.61. The number of aromatic hydroxyl groups is 1. The van der Waals surface area contributed by atoms with Crippen molar-refractivity contribution >= 4 is 22.5 Å². The molecule has 0 fully saturated rings. The molecule has 4 aromatic rings. The minimum atomic E-state index is -1.10. The summed E-state index contributed by atoms with van der Waals surface area (Å²) < 4.78 is 17.2. The first-order valence-corrected chi connectivity index (χ1v) is 10.2. The molecular formula is C23H19N3O7. The van der Waals surface area contributed by atoms with Crippen molar-refractivity contribution in [2.75, 3.05) is 20.3 Å². The summed E-state index contributed by atoms with van der Waals surface area (Å²) >= 11 is 0. The highest BCUT2D eigenvalue weighted by Gasteiger charge is 2.29. The largest absolute Gasteiger partial charge is 0.493 e. The molecule has 0 aliphatic carbocycles. The van der Waals surface area contributed by atoms with Gasteiger partial charge in [-0.25, -0.2) is 0 Å². The predicted octanol–water partition coefficient (Wildman–Crippen LogP) is 1.71. The zero-order valence-electron chi connectivity index (χ0n) is 17.5. The van der Waals surface area contributed by atoms with Crippen LogP contribution in [0.15, 0.2) is 52.2 Å². The average molecular weight is 449 g/mol. The molecule has 33 heavy (non-hydrogen) atoms. The lowest BCUT2D eigenvalue weighted by molar-refractivity contribution is -0.140. The number of hydrogen-bond donors (Lipinski definition) is 2. The van der Waals surface area contributed by atoms with Gasteiger partial charge >= 0.3 is 5.97 Å². The Morgan fingerprint density at radius 2 is 1.97 bits per heavy atom. The topological polar surface area (TPSA) is 132 Å². The molecule has 10 nitrogen and oxygen atoms in total. The van der Waals surface area contributed by atoms with E-state index < -0.39 is 28.9 Å². The molecule has 2 N–H and O–H groups in total. The molecule has 0 saturated heterocycles. The van der Waals surface area contributed by atoms with Crippen LogP contribution in [0.5, 0.6) is 17.4 Å². The van der Waals surface area contributed by atoms with E-state index in [1.807, 2.05) is 0 Å². The van der Waals surface area contributed by atoms with Gasteiger partial charge in [0.1, 0.15) is 18.9 Å². The molecule has 4 heterocycles. The van der Waals surface area contributed by atoms with Gasteiger partial charge in [0.05, 0.1) is 24.6 Å². The number of carbonyl (C=O) groups is 1. The van der Waals surface area contributed by atoms with Gasteiger partial charge in [-0.1, -0.05) is 6.07 Å². The van der Waals surface area contributed by atoms with Crippen LogP contribution in [0.4, 0.5) is 0 Å². The number of aromatic nitrogens is 3. The van der Waals surface area contributed by atoms with E-state index in [0.717, 1.165) is 0 Å². The fourth-order valence-electron chi connectivity index (χ4n) is 4.03. The van der Waals surface area contributed by atoms with Gasteiger partial charge in [0, 0.05) is 29.1 Å². The van der Waals surface area contributed by atoms with Crippen LogP contribution < -0.4 is 20.6 Å². The summed E-state index contributed by atoms with van der Waals surface area (Å²) in [5, 5.41) is 11.3. The molecule has 168 valence electrons. The fraction of sp³-hybridized carbons (Fsp3) is 0.217. The Hall–Kier alpha value is -4.34.